The molecule has 0 aliphatic heterocycles. The fourth-order valence-corrected chi connectivity index (χ4v) is 2.20. The van der Waals surface area contributed by atoms with Gasteiger partial charge in [0.15, 0.2) is 0 Å². The predicted octanol–water partition coefficient (Wildman–Crippen LogP) is 2.62. The molecule has 9 heavy (non-hydrogen) atoms. The standard InChI is InChI=1S/C8H13Si/c1-9(2,3)8-6-4-5-7-8/h4-6,8H,1-3H3. The SMILES string of the molecule is C[Si](C)(C)C1[C]=CC=C1. The Labute approximate surface area is 58.3 Å². The Morgan fingerprint density at radius 1 is 1.33 bits per heavy atom. The topological polar surface area (TPSA) is 0 Å². The minimum absolute atomic E-state index is 0.664. The average Bonchev–Trinajstić information content (AvgIpc) is 2.08. The first-order chi connectivity index (χ1) is 4.11. The highest BCUT2D eigenvalue weighted by atomic mass is 28.3. The van der Waals surface area contributed by atoms with Crippen LogP contribution in [0.3, 0.4) is 0 Å². The molecule has 0 aromatic carbocycles. The van der Waals surface area contributed by atoms with E-state index < -0.39 is 8.07 Å². The van der Waals surface area contributed by atoms with Crippen LogP contribution in [-0.4, -0.2) is 8.07 Å². The average molecular weight is 137 g/mol. The van der Waals surface area contributed by atoms with Gasteiger partial charge in [0.25, 0.3) is 0 Å². The summed E-state index contributed by atoms with van der Waals surface area (Å²) in [5, 5.41) is 0. The molecule has 0 fully saturated rings. The first-order valence-electron chi connectivity index (χ1n) is 3.37. The molecule has 1 radical (unpaired) electrons. The van der Waals surface area contributed by atoms with E-state index in [9.17, 15) is 0 Å². The molecule has 0 saturated heterocycles. The van der Waals surface area contributed by atoms with Crippen molar-refractivity contribution < 1.29 is 0 Å². The van der Waals surface area contributed by atoms with Crippen LogP contribution in [0.4, 0.5) is 0 Å². The molecule has 1 aliphatic carbocycles. The minimum Gasteiger partial charge on any atom is -0.0797 e. The van der Waals surface area contributed by atoms with Crippen LogP contribution in [-0.2, 0) is 0 Å². The summed E-state index contributed by atoms with van der Waals surface area (Å²) < 4.78 is 0. The maximum absolute atomic E-state index is 3.32. The second-order valence-electron chi connectivity index (χ2n) is 3.56. The first-order valence-corrected chi connectivity index (χ1v) is 6.94. The van der Waals surface area contributed by atoms with Crippen LogP contribution in [0.15, 0.2) is 18.2 Å². The molecular weight excluding hydrogens is 124 g/mol. The van der Waals surface area contributed by atoms with Gasteiger partial charge >= 0.3 is 0 Å². The number of hydrogen-bond acceptors (Lipinski definition) is 0. The van der Waals surface area contributed by atoms with Crippen LogP contribution in [0.2, 0.25) is 25.2 Å². The van der Waals surface area contributed by atoms with Crippen LogP contribution in [0.1, 0.15) is 0 Å². The van der Waals surface area contributed by atoms with Crippen molar-refractivity contribution in [3.05, 3.63) is 24.3 Å². The van der Waals surface area contributed by atoms with E-state index in [0.717, 1.165) is 0 Å². The van der Waals surface area contributed by atoms with Crippen molar-refractivity contribution in [1.82, 2.24) is 0 Å². The lowest BCUT2D eigenvalue weighted by atomic mass is 10.5. The summed E-state index contributed by atoms with van der Waals surface area (Å²) in [5.41, 5.74) is 0.664. The van der Waals surface area contributed by atoms with Gasteiger partial charge in [-0.15, -0.1) is 0 Å². The zero-order valence-corrected chi connectivity index (χ0v) is 7.31. The van der Waals surface area contributed by atoms with Gasteiger partial charge in [0.2, 0.25) is 0 Å². The molecule has 1 unspecified atom stereocenters. The normalized spacial score (nSPS) is 19.4. The van der Waals surface area contributed by atoms with E-state index in [1.807, 2.05) is 6.08 Å². The third-order valence-corrected chi connectivity index (χ3v) is 3.83. The molecule has 0 aromatic heterocycles. The molecule has 0 N–H and O–H groups in total. The Hall–Kier alpha value is -0.303. The highest BCUT2D eigenvalue weighted by molar-refractivity contribution is 6.78. The van der Waals surface area contributed by atoms with E-state index in [1.54, 1.807) is 0 Å². The van der Waals surface area contributed by atoms with Crippen molar-refractivity contribution >= 4 is 8.07 Å². The van der Waals surface area contributed by atoms with Gasteiger partial charge in [0, 0.05) is 0 Å². The fraction of sp³-hybridized carbons (Fsp3) is 0.500. The molecular formula is C8H13Si. The third kappa shape index (κ3) is 1.55. The van der Waals surface area contributed by atoms with E-state index in [2.05, 4.69) is 37.9 Å². The summed E-state index contributed by atoms with van der Waals surface area (Å²) in [4.78, 5) is 0. The summed E-state index contributed by atoms with van der Waals surface area (Å²) in [5.74, 6) is 0. The highest BCUT2D eigenvalue weighted by Gasteiger charge is 2.23. The highest BCUT2D eigenvalue weighted by Crippen LogP contribution is 2.26. The summed E-state index contributed by atoms with van der Waals surface area (Å²) in [6.07, 6.45) is 9.71. The first kappa shape index (κ1) is 6.81. The summed E-state index contributed by atoms with van der Waals surface area (Å²) in [6, 6.07) is 0. The second-order valence-corrected chi connectivity index (χ2v) is 8.92. The van der Waals surface area contributed by atoms with Gasteiger partial charge in [0.05, 0.1) is 8.07 Å². The maximum Gasteiger partial charge on any atom is 0.0565 e. The molecule has 0 spiro atoms. The van der Waals surface area contributed by atoms with Crippen molar-refractivity contribution in [2.45, 2.75) is 25.2 Å². The van der Waals surface area contributed by atoms with E-state index in [-0.39, 0.29) is 0 Å². The molecule has 1 heteroatoms. The van der Waals surface area contributed by atoms with Crippen LogP contribution < -0.4 is 0 Å². The number of allylic oxidation sites excluding steroid dienone is 4. The van der Waals surface area contributed by atoms with Gasteiger partial charge in [0.1, 0.15) is 0 Å². The van der Waals surface area contributed by atoms with Crippen LogP contribution in [0.5, 0.6) is 0 Å². The van der Waals surface area contributed by atoms with Gasteiger partial charge in [-0.05, 0) is 11.6 Å². The van der Waals surface area contributed by atoms with Gasteiger partial charge in [-0.3, -0.25) is 0 Å². The van der Waals surface area contributed by atoms with Gasteiger partial charge in [-0.2, -0.15) is 0 Å². The molecule has 0 heterocycles. The summed E-state index contributed by atoms with van der Waals surface area (Å²) in [6.45, 7) is 7.11. The van der Waals surface area contributed by atoms with Crippen LogP contribution in [0.25, 0.3) is 0 Å². The summed E-state index contributed by atoms with van der Waals surface area (Å²) in [7, 11) is -0.953. The molecule has 1 aliphatic rings. The van der Waals surface area contributed by atoms with Gasteiger partial charge < -0.3 is 0 Å². The smallest absolute Gasteiger partial charge is 0.0565 e. The van der Waals surface area contributed by atoms with Gasteiger partial charge in [-0.25, -0.2) is 0 Å². The van der Waals surface area contributed by atoms with Crippen molar-refractivity contribution in [3.8, 4) is 0 Å². The number of rotatable bonds is 1. The lowest BCUT2D eigenvalue weighted by Gasteiger charge is -2.20. The van der Waals surface area contributed by atoms with E-state index >= 15 is 0 Å². The molecule has 0 bridgehead atoms. The largest absolute Gasteiger partial charge is 0.0797 e. The van der Waals surface area contributed by atoms with Crippen LogP contribution >= 0.6 is 0 Å². The lowest BCUT2D eigenvalue weighted by Crippen LogP contribution is -2.24. The maximum atomic E-state index is 3.32. The fourth-order valence-electron chi connectivity index (χ4n) is 0.920. The zero-order valence-electron chi connectivity index (χ0n) is 6.31. The Morgan fingerprint density at radius 3 is 2.22 bits per heavy atom. The van der Waals surface area contributed by atoms with Crippen molar-refractivity contribution in [2.75, 3.05) is 0 Å². The predicted molar refractivity (Wildman–Crippen MR) is 44.0 cm³/mol. The monoisotopic (exact) mass is 137 g/mol. The molecule has 1 atom stereocenters. The number of hydrogen-bond donors (Lipinski definition) is 0. The van der Waals surface area contributed by atoms with Crippen molar-refractivity contribution in [1.29, 1.82) is 0 Å². The third-order valence-electron chi connectivity index (χ3n) is 1.61. The minimum atomic E-state index is -0.953. The Morgan fingerprint density at radius 2 is 2.00 bits per heavy atom. The van der Waals surface area contributed by atoms with E-state index in [0.29, 0.717) is 5.54 Å². The molecule has 0 nitrogen and oxygen atoms in total. The lowest BCUT2D eigenvalue weighted by molar-refractivity contribution is 1.26. The van der Waals surface area contributed by atoms with E-state index in [1.165, 1.54) is 0 Å². The van der Waals surface area contributed by atoms with Gasteiger partial charge in [-0.1, -0.05) is 37.9 Å². The summed E-state index contributed by atoms with van der Waals surface area (Å²) >= 11 is 0. The van der Waals surface area contributed by atoms with Crippen molar-refractivity contribution in [2.24, 2.45) is 0 Å². The Balaban J connectivity index is 2.64. The Bertz CT molecular complexity index is 136. The van der Waals surface area contributed by atoms with E-state index in [4.69, 9.17) is 0 Å². The molecule has 0 aromatic rings. The quantitative estimate of drug-likeness (QED) is 0.487. The molecule has 0 amide bonds. The molecule has 49 valence electrons. The zero-order chi connectivity index (χ0) is 6.91. The Kier molecular flexibility index (Phi) is 1.62. The van der Waals surface area contributed by atoms with Crippen LogP contribution in [0, 0.1) is 6.08 Å². The molecule has 0 saturated carbocycles. The molecule has 1 rings (SSSR count). The second kappa shape index (κ2) is 2.14. The van der Waals surface area contributed by atoms with Crippen molar-refractivity contribution in [3.63, 3.8) is 0 Å².